The van der Waals surface area contributed by atoms with Crippen LogP contribution in [0.5, 0.6) is 5.75 Å². The van der Waals surface area contributed by atoms with Crippen molar-refractivity contribution in [3.05, 3.63) is 29.3 Å². The van der Waals surface area contributed by atoms with E-state index in [-0.39, 0.29) is 6.04 Å². The Morgan fingerprint density at radius 1 is 1.29 bits per heavy atom. The molecule has 21 heavy (non-hydrogen) atoms. The summed E-state index contributed by atoms with van der Waals surface area (Å²) < 4.78 is 5.47. The molecule has 1 heterocycles. The minimum Gasteiger partial charge on any atom is -0.496 e. The van der Waals surface area contributed by atoms with Crippen molar-refractivity contribution in [3.63, 3.8) is 0 Å². The molecule has 3 heteroatoms. The highest BCUT2D eigenvalue weighted by atomic mass is 16.5. The number of nitrogens with zero attached hydrogens (tertiary/aromatic N) is 1. The summed E-state index contributed by atoms with van der Waals surface area (Å²) >= 11 is 0. The van der Waals surface area contributed by atoms with Gasteiger partial charge in [-0.25, -0.2) is 0 Å². The Bertz CT molecular complexity index is 470. The van der Waals surface area contributed by atoms with Crippen molar-refractivity contribution < 1.29 is 4.74 Å². The van der Waals surface area contributed by atoms with Gasteiger partial charge in [0.05, 0.1) is 7.11 Å². The normalized spacial score (nSPS) is 20.8. The maximum absolute atomic E-state index is 6.47. The van der Waals surface area contributed by atoms with Gasteiger partial charge in [0.25, 0.3) is 0 Å². The summed E-state index contributed by atoms with van der Waals surface area (Å²) in [5.41, 5.74) is 9.30. The minimum absolute atomic E-state index is 0.0149. The van der Waals surface area contributed by atoms with Crippen molar-refractivity contribution in [1.82, 2.24) is 4.90 Å². The fraction of sp³-hybridized carbons (Fsp3) is 0.667. The van der Waals surface area contributed by atoms with E-state index in [0.29, 0.717) is 5.41 Å². The predicted molar refractivity (Wildman–Crippen MR) is 88.7 cm³/mol. The van der Waals surface area contributed by atoms with Crippen LogP contribution >= 0.6 is 0 Å². The van der Waals surface area contributed by atoms with Crippen molar-refractivity contribution in [2.24, 2.45) is 11.1 Å². The quantitative estimate of drug-likeness (QED) is 0.922. The number of hydrogen-bond acceptors (Lipinski definition) is 3. The van der Waals surface area contributed by atoms with Gasteiger partial charge in [0.15, 0.2) is 0 Å². The molecule has 1 aliphatic rings. The number of nitrogens with two attached hydrogens (primary N) is 1. The lowest BCUT2D eigenvalue weighted by Gasteiger charge is -2.26. The molecule has 118 valence electrons. The van der Waals surface area contributed by atoms with Gasteiger partial charge in [0, 0.05) is 18.2 Å². The third-order valence-electron chi connectivity index (χ3n) is 4.67. The van der Waals surface area contributed by atoms with Gasteiger partial charge in [-0.1, -0.05) is 31.5 Å². The van der Waals surface area contributed by atoms with Crippen LogP contribution in [0.1, 0.15) is 50.3 Å². The Hall–Kier alpha value is -1.06. The number of benzene rings is 1. The fourth-order valence-corrected chi connectivity index (χ4v) is 3.18. The number of likely N-dealkylation sites (tertiary alicyclic amines) is 1. The molecule has 1 aliphatic heterocycles. The van der Waals surface area contributed by atoms with Crippen LogP contribution in [-0.4, -0.2) is 31.6 Å². The first-order chi connectivity index (χ1) is 9.91. The molecule has 0 radical (unpaired) electrons. The maximum Gasteiger partial charge on any atom is 0.123 e. The van der Waals surface area contributed by atoms with Crippen LogP contribution < -0.4 is 10.5 Å². The van der Waals surface area contributed by atoms with E-state index in [1.807, 2.05) is 6.07 Å². The molecule has 1 fully saturated rings. The molecular formula is C18H30N2O. The van der Waals surface area contributed by atoms with E-state index in [4.69, 9.17) is 10.5 Å². The van der Waals surface area contributed by atoms with Crippen molar-refractivity contribution in [2.75, 3.05) is 26.7 Å². The molecule has 0 aliphatic carbocycles. The first kappa shape index (κ1) is 16.3. The van der Waals surface area contributed by atoms with E-state index in [1.54, 1.807) is 7.11 Å². The number of rotatable bonds is 4. The summed E-state index contributed by atoms with van der Waals surface area (Å²) in [5.74, 6) is 0.906. The van der Waals surface area contributed by atoms with Crippen LogP contribution in [0, 0.1) is 12.3 Å². The van der Waals surface area contributed by atoms with Gasteiger partial charge in [-0.3, -0.25) is 0 Å². The number of ether oxygens (including phenoxy) is 1. The van der Waals surface area contributed by atoms with Gasteiger partial charge in [-0.05, 0) is 50.8 Å². The van der Waals surface area contributed by atoms with Crippen LogP contribution in [0.2, 0.25) is 0 Å². The molecule has 1 unspecified atom stereocenters. The summed E-state index contributed by atoms with van der Waals surface area (Å²) in [7, 11) is 1.72. The van der Waals surface area contributed by atoms with Gasteiger partial charge in [0.1, 0.15) is 5.75 Å². The molecule has 1 atom stereocenters. The van der Waals surface area contributed by atoms with E-state index < -0.39 is 0 Å². The zero-order valence-electron chi connectivity index (χ0n) is 14.0. The van der Waals surface area contributed by atoms with Gasteiger partial charge in [-0.2, -0.15) is 0 Å². The van der Waals surface area contributed by atoms with Crippen LogP contribution in [0.3, 0.4) is 0 Å². The van der Waals surface area contributed by atoms with Crippen LogP contribution in [0.25, 0.3) is 0 Å². The molecule has 1 aromatic rings. The van der Waals surface area contributed by atoms with Gasteiger partial charge in [0.2, 0.25) is 0 Å². The van der Waals surface area contributed by atoms with E-state index in [0.717, 1.165) is 30.9 Å². The topological polar surface area (TPSA) is 38.5 Å². The Labute approximate surface area is 129 Å². The number of hydrogen-bond donors (Lipinski definition) is 1. The van der Waals surface area contributed by atoms with E-state index in [2.05, 4.69) is 37.8 Å². The molecule has 2 rings (SSSR count). The molecular weight excluding hydrogens is 260 g/mol. The Balaban J connectivity index is 2.04. The third kappa shape index (κ3) is 4.45. The second kappa shape index (κ2) is 6.80. The van der Waals surface area contributed by atoms with E-state index >= 15 is 0 Å². The average Bonchev–Trinajstić information content (AvgIpc) is 2.60. The van der Waals surface area contributed by atoms with Crippen molar-refractivity contribution >= 4 is 0 Å². The van der Waals surface area contributed by atoms with Gasteiger partial charge >= 0.3 is 0 Å². The molecule has 1 aromatic carbocycles. The summed E-state index contributed by atoms with van der Waals surface area (Å²) in [6.45, 7) is 10.1. The average molecular weight is 290 g/mol. The lowest BCUT2D eigenvalue weighted by atomic mass is 9.85. The van der Waals surface area contributed by atoms with Gasteiger partial charge in [-0.15, -0.1) is 0 Å². The van der Waals surface area contributed by atoms with Crippen molar-refractivity contribution in [3.8, 4) is 5.75 Å². The van der Waals surface area contributed by atoms with E-state index in [1.165, 1.54) is 24.8 Å². The van der Waals surface area contributed by atoms with Crippen molar-refractivity contribution in [1.29, 1.82) is 0 Å². The molecule has 1 saturated heterocycles. The smallest absolute Gasteiger partial charge is 0.123 e. The fourth-order valence-electron chi connectivity index (χ4n) is 3.18. The molecule has 0 aromatic heterocycles. The Morgan fingerprint density at radius 2 is 2.05 bits per heavy atom. The highest BCUT2D eigenvalue weighted by molar-refractivity contribution is 5.39. The third-order valence-corrected chi connectivity index (χ3v) is 4.67. The highest BCUT2D eigenvalue weighted by Gasteiger charge is 2.24. The molecule has 2 N–H and O–H groups in total. The summed E-state index contributed by atoms with van der Waals surface area (Å²) in [5, 5.41) is 0. The Kier molecular flexibility index (Phi) is 5.28. The maximum atomic E-state index is 6.47. The Morgan fingerprint density at radius 3 is 2.76 bits per heavy atom. The van der Waals surface area contributed by atoms with Gasteiger partial charge < -0.3 is 15.4 Å². The first-order valence-electron chi connectivity index (χ1n) is 8.04. The van der Waals surface area contributed by atoms with Crippen molar-refractivity contribution in [2.45, 2.75) is 46.1 Å². The molecule has 0 bridgehead atoms. The second-order valence-corrected chi connectivity index (χ2v) is 7.17. The van der Waals surface area contributed by atoms with Crippen LogP contribution in [-0.2, 0) is 0 Å². The zero-order chi connectivity index (χ0) is 15.5. The minimum atomic E-state index is 0.0149. The molecule has 0 spiro atoms. The van der Waals surface area contributed by atoms with Crippen LogP contribution in [0.15, 0.2) is 18.2 Å². The monoisotopic (exact) mass is 290 g/mol. The zero-order valence-corrected chi connectivity index (χ0v) is 14.0. The van der Waals surface area contributed by atoms with E-state index in [9.17, 15) is 0 Å². The molecule has 3 nitrogen and oxygen atoms in total. The highest BCUT2D eigenvalue weighted by Crippen LogP contribution is 2.31. The lowest BCUT2D eigenvalue weighted by Crippen LogP contribution is -2.33. The first-order valence-corrected chi connectivity index (χ1v) is 8.04. The summed E-state index contributed by atoms with van der Waals surface area (Å²) in [6, 6.07) is 6.27. The predicted octanol–water partition coefficient (Wildman–Crippen LogP) is 3.52. The lowest BCUT2D eigenvalue weighted by molar-refractivity contribution is 0.248. The van der Waals surface area contributed by atoms with Crippen LogP contribution in [0.4, 0.5) is 0 Å². The molecule has 0 amide bonds. The summed E-state index contributed by atoms with van der Waals surface area (Å²) in [6.07, 6.45) is 3.84. The largest absolute Gasteiger partial charge is 0.496 e. The number of aryl methyl sites for hydroxylation is 1. The summed E-state index contributed by atoms with van der Waals surface area (Å²) in [4.78, 5) is 2.52. The number of methoxy groups -OCH3 is 1. The second-order valence-electron chi connectivity index (χ2n) is 7.17. The standard InChI is InChI=1S/C18H30N2O/c1-14-6-7-17(21-4)15(12-14)16(19)13-20-10-5-8-18(2,3)9-11-20/h6-7,12,16H,5,8-11,13,19H2,1-4H3. The SMILES string of the molecule is COc1ccc(C)cc1C(N)CN1CCCC(C)(C)CC1. The molecule has 0 saturated carbocycles.